The van der Waals surface area contributed by atoms with Crippen molar-refractivity contribution in [2.75, 3.05) is 13.1 Å². The predicted octanol–water partition coefficient (Wildman–Crippen LogP) is 2.71. The molecule has 0 bridgehead atoms. The third-order valence-corrected chi connectivity index (χ3v) is 5.77. The molecule has 1 aromatic carbocycles. The number of ether oxygens (including phenoxy) is 1. The third kappa shape index (κ3) is 10.0. The van der Waals surface area contributed by atoms with E-state index in [2.05, 4.69) is 30.7 Å². The van der Waals surface area contributed by atoms with Gasteiger partial charge in [-0.2, -0.15) is 18.4 Å². The van der Waals surface area contributed by atoms with Crippen molar-refractivity contribution in [1.82, 2.24) is 25.9 Å². The fraction of sp³-hybridized carbons (Fsp3) is 0.609. The number of carbonyl (C=O) groups excluding carboxylic acids is 1. The molecule has 206 valence electrons. The summed E-state index contributed by atoms with van der Waals surface area (Å²) < 4.78 is 54.9. The fourth-order valence-corrected chi connectivity index (χ4v) is 3.84. The molecule has 1 aromatic heterocycles. The van der Waals surface area contributed by atoms with Gasteiger partial charge in [-0.25, -0.2) is 9.18 Å². The lowest BCUT2D eigenvalue weighted by Gasteiger charge is -2.23. The summed E-state index contributed by atoms with van der Waals surface area (Å²) >= 11 is 0. The van der Waals surface area contributed by atoms with E-state index in [0.29, 0.717) is 18.0 Å². The molecule has 5 N–H and O–H groups in total. The molecule has 37 heavy (non-hydrogen) atoms. The van der Waals surface area contributed by atoms with Gasteiger partial charge in [0.2, 0.25) is 0 Å². The normalized spacial score (nSPS) is 16.0. The largest absolute Gasteiger partial charge is 0.490 e. The number of carbonyl (C=O) groups is 2. The maximum Gasteiger partial charge on any atom is 0.490 e. The number of carboxylic acid groups (broad SMARTS) is 1. The second kappa shape index (κ2) is 14.0. The molecule has 2 heterocycles. The molecular formula is C23H32F4N6O4. The number of aromatic nitrogens is 4. The summed E-state index contributed by atoms with van der Waals surface area (Å²) in [6, 6.07) is 4.13. The first-order chi connectivity index (χ1) is 17.4. The average Bonchev–Trinajstić information content (AvgIpc) is 3.35. The molecule has 0 saturated carbocycles. The molecule has 2 atom stereocenters. The van der Waals surface area contributed by atoms with Crippen LogP contribution in [0.1, 0.15) is 56.0 Å². The Balaban J connectivity index is 0.000000591. The third-order valence-electron chi connectivity index (χ3n) is 5.77. The summed E-state index contributed by atoms with van der Waals surface area (Å²) in [4.78, 5) is 22.6. The standard InChI is InChI=1S/C18H20F4N4O4.C5H12N2/c1-9(2)5-13(16(27)28)12(15-23-25-26-24-15)6-10-3-4-11(14(19)7-10)8-30-17(29)18(20,21)22;6-5-1-3-7-4-2-5/h3-4,7,9,12-13H,5-6,8H2,1-2H3,(H,27,28)(H,23,24,25,26);5,7H,1-4,6H2/t12-,13-;/m0./s1. The highest BCUT2D eigenvalue weighted by atomic mass is 19.4. The number of H-pyrrole nitrogens is 1. The molecule has 0 unspecified atom stereocenters. The second-order valence-corrected chi connectivity index (χ2v) is 9.24. The number of tetrazole rings is 1. The Kier molecular flexibility index (Phi) is 11.4. The van der Waals surface area contributed by atoms with Crippen molar-refractivity contribution < 1.29 is 37.0 Å². The van der Waals surface area contributed by atoms with Crippen LogP contribution in [0.2, 0.25) is 0 Å². The van der Waals surface area contributed by atoms with Crippen molar-refractivity contribution >= 4 is 11.9 Å². The summed E-state index contributed by atoms with van der Waals surface area (Å²) in [6.07, 6.45) is -2.48. The zero-order valence-electron chi connectivity index (χ0n) is 20.6. The summed E-state index contributed by atoms with van der Waals surface area (Å²) in [5.74, 6) is -5.72. The number of nitrogens with one attached hydrogen (secondary N) is 2. The minimum absolute atomic E-state index is 0.0583. The molecule has 1 saturated heterocycles. The van der Waals surface area contributed by atoms with E-state index < -0.39 is 42.4 Å². The van der Waals surface area contributed by atoms with Gasteiger partial charge in [0.25, 0.3) is 0 Å². The van der Waals surface area contributed by atoms with Gasteiger partial charge >= 0.3 is 18.1 Å². The van der Waals surface area contributed by atoms with Crippen LogP contribution in [0.4, 0.5) is 17.6 Å². The highest BCUT2D eigenvalue weighted by molar-refractivity contribution is 5.75. The van der Waals surface area contributed by atoms with Crippen LogP contribution < -0.4 is 11.1 Å². The number of nitrogens with zero attached hydrogens (tertiary/aromatic N) is 3. The number of benzene rings is 1. The molecule has 0 radical (unpaired) electrons. The van der Waals surface area contributed by atoms with Gasteiger partial charge in [-0.1, -0.05) is 31.2 Å². The zero-order valence-corrected chi connectivity index (χ0v) is 20.6. The number of piperidine rings is 1. The number of nitrogens with two attached hydrogens (primary N) is 1. The molecule has 1 fully saturated rings. The number of alkyl halides is 3. The Morgan fingerprint density at radius 2 is 1.92 bits per heavy atom. The number of hydrogen-bond donors (Lipinski definition) is 4. The lowest BCUT2D eigenvalue weighted by atomic mass is 9.81. The second-order valence-electron chi connectivity index (χ2n) is 9.24. The van der Waals surface area contributed by atoms with Crippen LogP contribution in [0.5, 0.6) is 0 Å². The van der Waals surface area contributed by atoms with Gasteiger partial charge in [-0.05, 0) is 56.3 Å². The zero-order chi connectivity index (χ0) is 27.6. The number of rotatable bonds is 9. The molecule has 0 amide bonds. The summed E-state index contributed by atoms with van der Waals surface area (Å²) in [5, 5.41) is 26.3. The maximum absolute atomic E-state index is 14.3. The van der Waals surface area contributed by atoms with Crippen molar-refractivity contribution in [3.8, 4) is 0 Å². The lowest BCUT2D eigenvalue weighted by molar-refractivity contribution is -0.201. The van der Waals surface area contributed by atoms with Crippen LogP contribution in [0, 0.1) is 17.7 Å². The highest BCUT2D eigenvalue weighted by Gasteiger charge is 2.41. The van der Waals surface area contributed by atoms with Crippen LogP contribution >= 0.6 is 0 Å². The van der Waals surface area contributed by atoms with Crippen molar-refractivity contribution in [2.24, 2.45) is 17.6 Å². The molecule has 10 nitrogen and oxygen atoms in total. The molecule has 0 spiro atoms. The first-order valence-electron chi connectivity index (χ1n) is 11.8. The smallest absolute Gasteiger partial charge is 0.481 e. The van der Waals surface area contributed by atoms with E-state index in [9.17, 15) is 32.3 Å². The van der Waals surface area contributed by atoms with Gasteiger partial charge in [0.1, 0.15) is 12.4 Å². The Labute approximate surface area is 211 Å². The van der Waals surface area contributed by atoms with E-state index in [4.69, 9.17) is 5.73 Å². The number of carboxylic acids is 1. The van der Waals surface area contributed by atoms with E-state index in [1.54, 1.807) is 0 Å². The minimum Gasteiger partial charge on any atom is -0.481 e. The number of halogens is 4. The summed E-state index contributed by atoms with van der Waals surface area (Å²) in [5.41, 5.74) is 5.73. The van der Waals surface area contributed by atoms with E-state index >= 15 is 0 Å². The van der Waals surface area contributed by atoms with E-state index in [1.807, 2.05) is 13.8 Å². The van der Waals surface area contributed by atoms with Crippen LogP contribution in [-0.4, -0.2) is 63.0 Å². The molecular weight excluding hydrogens is 500 g/mol. The maximum atomic E-state index is 14.3. The quantitative estimate of drug-likeness (QED) is 0.282. The minimum atomic E-state index is -5.17. The van der Waals surface area contributed by atoms with Gasteiger partial charge in [0, 0.05) is 17.5 Å². The molecule has 1 aliphatic rings. The Bertz CT molecular complexity index is 998. The van der Waals surface area contributed by atoms with Gasteiger partial charge in [-0.3, -0.25) is 4.79 Å². The highest BCUT2D eigenvalue weighted by Crippen LogP contribution is 2.31. The summed E-state index contributed by atoms with van der Waals surface area (Å²) in [6.45, 7) is 5.06. The van der Waals surface area contributed by atoms with Crippen LogP contribution in [0.25, 0.3) is 0 Å². The Morgan fingerprint density at radius 3 is 2.38 bits per heavy atom. The SMILES string of the molecule is CC(C)C[C@H](C(=O)O)[C@H](Cc1ccc(COC(=O)C(F)(F)F)c(F)c1)c1nn[nH]n1.NC1CCNCC1. The first-order valence-corrected chi connectivity index (χ1v) is 11.8. The monoisotopic (exact) mass is 532 g/mol. The van der Waals surface area contributed by atoms with Gasteiger partial charge < -0.3 is 20.9 Å². The Hall–Kier alpha value is -3.13. The number of hydrogen-bond acceptors (Lipinski definition) is 8. The van der Waals surface area contributed by atoms with E-state index in [-0.39, 0.29) is 23.7 Å². The molecule has 0 aliphatic carbocycles. The van der Waals surface area contributed by atoms with E-state index in [0.717, 1.165) is 32.0 Å². The number of esters is 1. The van der Waals surface area contributed by atoms with E-state index in [1.165, 1.54) is 12.1 Å². The van der Waals surface area contributed by atoms with Crippen LogP contribution in [0.15, 0.2) is 18.2 Å². The molecule has 1 aliphatic heterocycles. The lowest BCUT2D eigenvalue weighted by Crippen LogP contribution is -2.35. The van der Waals surface area contributed by atoms with Crippen molar-refractivity contribution in [2.45, 2.75) is 64.3 Å². The predicted molar refractivity (Wildman–Crippen MR) is 124 cm³/mol. The average molecular weight is 533 g/mol. The number of aliphatic carboxylic acids is 1. The van der Waals surface area contributed by atoms with Crippen molar-refractivity contribution in [3.05, 3.63) is 41.0 Å². The summed E-state index contributed by atoms with van der Waals surface area (Å²) in [7, 11) is 0. The molecule has 14 heteroatoms. The van der Waals surface area contributed by atoms with Gasteiger partial charge in [0.15, 0.2) is 5.82 Å². The fourth-order valence-electron chi connectivity index (χ4n) is 3.84. The van der Waals surface area contributed by atoms with Gasteiger partial charge in [0.05, 0.1) is 5.92 Å². The molecule has 3 rings (SSSR count). The first kappa shape index (κ1) is 30.1. The number of aromatic amines is 1. The Morgan fingerprint density at radius 1 is 1.24 bits per heavy atom. The van der Waals surface area contributed by atoms with Crippen molar-refractivity contribution in [1.29, 1.82) is 0 Å². The van der Waals surface area contributed by atoms with Crippen molar-refractivity contribution in [3.63, 3.8) is 0 Å². The topological polar surface area (TPSA) is 156 Å². The molecule has 2 aromatic rings. The van der Waals surface area contributed by atoms with Crippen LogP contribution in [-0.2, 0) is 27.4 Å². The van der Waals surface area contributed by atoms with Gasteiger partial charge in [-0.15, -0.1) is 10.2 Å². The van der Waals surface area contributed by atoms with Crippen LogP contribution in [0.3, 0.4) is 0 Å².